The number of aromatic hydroxyl groups is 1. The van der Waals surface area contributed by atoms with Crippen molar-refractivity contribution in [1.82, 2.24) is 4.98 Å². The minimum absolute atomic E-state index is 0.0150. The normalized spacial score (nSPS) is 11.2. The number of ketones is 1. The number of phenolic OH excluding ortho intramolecular Hbond substituents is 1. The third kappa shape index (κ3) is 3.24. The van der Waals surface area contributed by atoms with E-state index in [9.17, 15) is 14.7 Å². The number of para-hydroxylation sites is 1. The lowest BCUT2D eigenvalue weighted by Crippen LogP contribution is -2.15. The van der Waals surface area contributed by atoms with Gasteiger partial charge in [-0.2, -0.15) is 0 Å². The van der Waals surface area contributed by atoms with Crippen LogP contribution in [-0.2, 0) is 22.4 Å². The van der Waals surface area contributed by atoms with Gasteiger partial charge in [0.15, 0.2) is 6.61 Å². The number of rotatable bonds is 6. The maximum Gasteiger partial charge on any atom is 0.310 e. The topological polar surface area (TPSA) is 92.5 Å². The minimum atomic E-state index is -0.516. The molecule has 0 spiro atoms. The number of hydrogen-bond donors (Lipinski definition) is 2. The Hall–Kier alpha value is -3.54. The van der Waals surface area contributed by atoms with Crippen LogP contribution in [0.15, 0.2) is 53.3 Å². The molecule has 0 aliphatic rings. The summed E-state index contributed by atoms with van der Waals surface area (Å²) in [6.45, 7) is 1.73. The fraction of sp³-hybridized carbons (Fsp3) is 0.182. The zero-order valence-corrected chi connectivity index (χ0v) is 15.3. The van der Waals surface area contributed by atoms with E-state index >= 15 is 0 Å². The Morgan fingerprint density at radius 2 is 2.00 bits per heavy atom. The molecule has 28 heavy (non-hydrogen) atoms. The molecule has 0 bridgehead atoms. The van der Waals surface area contributed by atoms with Crippen molar-refractivity contribution in [3.05, 3.63) is 65.5 Å². The van der Waals surface area contributed by atoms with Gasteiger partial charge in [-0.05, 0) is 24.1 Å². The van der Waals surface area contributed by atoms with Crippen LogP contribution in [0.4, 0.5) is 0 Å². The van der Waals surface area contributed by atoms with E-state index in [1.165, 1.54) is 18.4 Å². The second-order valence-corrected chi connectivity index (χ2v) is 6.60. The van der Waals surface area contributed by atoms with Gasteiger partial charge in [0.2, 0.25) is 5.78 Å². The molecule has 0 atom stereocenters. The number of nitrogens with one attached hydrogen (secondary N) is 1. The third-order valence-corrected chi connectivity index (χ3v) is 4.82. The molecule has 2 aromatic carbocycles. The van der Waals surface area contributed by atoms with E-state index in [0.29, 0.717) is 16.7 Å². The highest BCUT2D eigenvalue weighted by molar-refractivity contribution is 6.09. The Morgan fingerprint density at radius 3 is 2.82 bits per heavy atom. The van der Waals surface area contributed by atoms with E-state index in [4.69, 9.17) is 9.15 Å². The average Bonchev–Trinajstić information content (AvgIpc) is 3.30. The summed E-state index contributed by atoms with van der Waals surface area (Å²) in [6, 6.07) is 10.5. The fourth-order valence-corrected chi connectivity index (χ4v) is 3.38. The number of H-pyrrole nitrogens is 1. The maximum atomic E-state index is 12.5. The largest absolute Gasteiger partial charge is 0.508 e. The summed E-state index contributed by atoms with van der Waals surface area (Å²) in [5, 5.41) is 11.0. The molecule has 0 saturated carbocycles. The highest BCUT2D eigenvalue weighted by Gasteiger charge is 2.17. The Kier molecular flexibility index (Phi) is 4.61. The van der Waals surface area contributed by atoms with E-state index in [-0.39, 0.29) is 24.6 Å². The van der Waals surface area contributed by atoms with Gasteiger partial charge in [0.1, 0.15) is 11.3 Å². The lowest BCUT2D eigenvalue weighted by atomic mass is 10.1. The summed E-state index contributed by atoms with van der Waals surface area (Å²) in [5.74, 6) is -0.681. The number of Topliss-reactive ketones (excluding diaryl/α,β-unsaturated/α-hetero) is 1. The summed E-state index contributed by atoms with van der Waals surface area (Å²) in [4.78, 5) is 27.9. The molecule has 142 valence electrons. The first kappa shape index (κ1) is 17.9. The SMILES string of the molecule is CCc1cccc2c(C(=O)COC(=O)Cc3coc4cc(O)ccc34)c[nH]c12. The first-order valence-electron chi connectivity index (χ1n) is 9.03. The van der Waals surface area contributed by atoms with E-state index in [0.717, 1.165) is 28.3 Å². The second kappa shape index (κ2) is 7.23. The van der Waals surface area contributed by atoms with E-state index in [1.54, 1.807) is 12.3 Å². The summed E-state index contributed by atoms with van der Waals surface area (Å²) in [7, 11) is 0. The molecule has 4 aromatic rings. The first-order chi connectivity index (χ1) is 13.6. The van der Waals surface area contributed by atoms with Crippen LogP contribution in [0.2, 0.25) is 0 Å². The highest BCUT2D eigenvalue weighted by Crippen LogP contribution is 2.26. The van der Waals surface area contributed by atoms with Crippen LogP contribution in [0, 0.1) is 0 Å². The zero-order chi connectivity index (χ0) is 19.7. The molecular formula is C22H19NO5. The molecule has 4 rings (SSSR count). The molecule has 0 fully saturated rings. The second-order valence-electron chi connectivity index (χ2n) is 6.60. The summed E-state index contributed by atoms with van der Waals surface area (Å²) < 4.78 is 10.5. The Labute approximate surface area is 160 Å². The van der Waals surface area contributed by atoms with Crippen molar-refractivity contribution in [2.24, 2.45) is 0 Å². The number of benzene rings is 2. The molecule has 0 aliphatic heterocycles. The third-order valence-electron chi connectivity index (χ3n) is 4.82. The smallest absolute Gasteiger partial charge is 0.310 e. The van der Waals surface area contributed by atoms with Crippen LogP contribution in [-0.4, -0.2) is 28.4 Å². The standard InChI is InChI=1S/C22H19NO5/c1-2-13-4-3-5-17-18(10-23-22(13)17)19(25)12-28-21(26)8-14-11-27-20-9-15(24)6-7-16(14)20/h3-7,9-11,23-24H,2,8,12H2,1H3. The number of hydrogen-bond acceptors (Lipinski definition) is 5. The van der Waals surface area contributed by atoms with Crippen molar-refractivity contribution in [3.8, 4) is 5.75 Å². The summed E-state index contributed by atoms with van der Waals surface area (Å²) >= 11 is 0. The van der Waals surface area contributed by atoms with Crippen molar-refractivity contribution in [3.63, 3.8) is 0 Å². The number of carbonyl (C=O) groups excluding carboxylic acids is 2. The number of aryl methyl sites for hydroxylation is 1. The van der Waals surface area contributed by atoms with Crippen molar-refractivity contribution < 1.29 is 23.8 Å². The van der Waals surface area contributed by atoms with Gasteiger partial charge in [-0.3, -0.25) is 9.59 Å². The van der Waals surface area contributed by atoms with Crippen LogP contribution < -0.4 is 0 Å². The number of aromatic nitrogens is 1. The molecule has 2 aromatic heterocycles. The lowest BCUT2D eigenvalue weighted by molar-refractivity contribution is -0.141. The highest BCUT2D eigenvalue weighted by atomic mass is 16.5. The van der Waals surface area contributed by atoms with Gasteiger partial charge in [0, 0.05) is 39.7 Å². The molecule has 0 amide bonds. The molecule has 6 nitrogen and oxygen atoms in total. The molecule has 6 heteroatoms. The van der Waals surface area contributed by atoms with Gasteiger partial charge in [0.25, 0.3) is 0 Å². The van der Waals surface area contributed by atoms with Gasteiger partial charge in [-0.15, -0.1) is 0 Å². The molecular weight excluding hydrogens is 358 g/mol. The van der Waals surface area contributed by atoms with Gasteiger partial charge in [-0.1, -0.05) is 25.1 Å². The number of aromatic amines is 1. The van der Waals surface area contributed by atoms with Crippen LogP contribution >= 0.6 is 0 Å². The van der Waals surface area contributed by atoms with Crippen LogP contribution in [0.5, 0.6) is 5.75 Å². The van der Waals surface area contributed by atoms with E-state index in [1.807, 2.05) is 18.2 Å². The quantitative estimate of drug-likeness (QED) is 0.389. The molecule has 2 heterocycles. The zero-order valence-electron chi connectivity index (χ0n) is 15.3. The molecule has 0 radical (unpaired) electrons. The van der Waals surface area contributed by atoms with Crippen molar-refractivity contribution >= 4 is 33.6 Å². The molecule has 0 aliphatic carbocycles. The van der Waals surface area contributed by atoms with Crippen LogP contribution in [0.25, 0.3) is 21.9 Å². The molecule has 0 saturated heterocycles. The Morgan fingerprint density at radius 1 is 1.14 bits per heavy atom. The Bertz CT molecular complexity index is 1180. The van der Waals surface area contributed by atoms with Gasteiger partial charge in [-0.25, -0.2) is 0 Å². The lowest BCUT2D eigenvalue weighted by Gasteiger charge is -2.04. The van der Waals surface area contributed by atoms with Gasteiger partial charge in [0.05, 0.1) is 12.7 Å². The molecule has 2 N–H and O–H groups in total. The van der Waals surface area contributed by atoms with Crippen molar-refractivity contribution in [2.45, 2.75) is 19.8 Å². The van der Waals surface area contributed by atoms with E-state index < -0.39 is 5.97 Å². The number of esters is 1. The Balaban J connectivity index is 1.44. The van der Waals surface area contributed by atoms with Gasteiger partial charge < -0.3 is 19.2 Å². The number of carbonyl (C=O) groups is 2. The summed E-state index contributed by atoms with van der Waals surface area (Å²) in [5.41, 5.74) is 3.72. The van der Waals surface area contributed by atoms with Crippen LogP contribution in [0.3, 0.4) is 0 Å². The first-order valence-corrected chi connectivity index (χ1v) is 9.03. The predicted octanol–water partition coefficient (Wildman–Crippen LogP) is 4.15. The number of furan rings is 1. The number of phenols is 1. The minimum Gasteiger partial charge on any atom is -0.508 e. The number of ether oxygens (including phenoxy) is 1. The predicted molar refractivity (Wildman–Crippen MR) is 105 cm³/mol. The number of fused-ring (bicyclic) bond motifs is 2. The molecule has 0 unspecified atom stereocenters. The fourth-order valence-electron chi connectivity index (χ4n) is 3.38. The van der Waals surface area contributed by atoms with Crippen molar-refractivity contribution in [1.29, 1.82) is 0 Å². The average molecular weight is 377 g/mol. The maximum absolute atomic E-state index is 12.5. The van der Waals surface area contributed by atoms with Crippen LogP contribution in [0.1, 0.15) is 28.4 Å². The monoisotopic (exact) mass is 377 g/mol. The van der Waals surface area contributed by atoms with E-state index in [2.05, 4.69) is 11.9 Å². The summed E-state index contributed by atoms with van der Waals surface area (Å²) in [6.07, 6.45) is 3.96. The van der Waals surface area contributed by atoms with Crippen molar-refractivity contribution in [2.75, 3.05) is 6.61 Å². The van der Waals surface area contributed by atoms with Gasteiger partial charge >= 0.3 is 5.97 Å².